The van der Waals surface area contributed by atoms with Crippen LogP contribution in [-0.2, 0) is 6.18 Å². The van der Waals surface area contributed by atoms with E-state index in [9.17, 15) is 18.0 Å². The lowest BCUT2D eigenvalue weighted by atomic mass is 10.1. The van der Waals surface area contributed by atoms with Crippen molar-refractivity contribution in [3.8, 4) is 0 Å². The van der Waals surface area contributed by atoms with Gasteiger partial charge in [0.2, 0.25) is 0 Å². The van der Waals surface area contributed by atoms with Crippen LogP contribution in [-0.4, -0.2) is 50.1 Å². The van der Waals surface area contributed by atoms with Crippen molar-refractivity contribution in [1.29, 1.82) is 0 Å². The highest BCUT2D eigenvalue weighted by molar-refractivity contribution is 7.17. The van der Waals surface area contributed by atoms with Gasteiger partial charge in [-0.15, -0.1) is 11.3 Å². The van der Waals surface area contributed by atoms with E-state index in [-0.39, 0.29) is 5.91 Å². The monoisotopic (exact) mass is 495 g/mol. The summed E-state index contributed by atoms with van der Waals surface area (Å²) in [7, 11) is 0. The number of nitrogens with one attached hydrogen (secondary N) is 1. The van der Waals surface area contributed by atoms with Crippen LogP contribution in [0.15, 0.2) is 47.8 Å². The Labute approximate surface area is 199 Å². The van der Waals surface area contributed by atoms with E-state index in [4.69, 9.17) is 11.6 Å². The molecule has 4 rings (SSSR count). The summed E-state index contributed by atoms with van der Waals surface area (Å²) in [5.41, 5.74) is 1.02. The highest BCUT2D eigenvalue weighted by atomic mass is 35.5. The van der Waals surface area contributed by atoms with Crippen LogP contribution in [0.3, 0.4) is 0 Å². The Morgan fingerprint density at radius 1 is 1.03 bits per heavy atom. The van der Waals surface area contributed by atoms with Crippen molar-refractivity contribution in [2.45, 2.75) is 19.0 Å². The zero-order valence-electron chi connectivity index (χ0n) is 18.0. The molecule has 2 aromatic carbocycles. The van der Waals surface area contributed by atoms with Crippen LogP contribution in [0.2, 0.25) is 5.02 Å². The molecule has 0 radical (unpaired) electrons. The number of unbranched alkanes of at least 4 members (excludes halogenated alkanes) is 1. The molecule has 2 heterocycles. The van der Waals surface area contributed by atoms with Gasteiger partial charge in [0.05, 0.1) is 11.3 Å². The largest absolute Gasteiger partial charge is 0.416 e. The first-order valence-electron chi connectivity index (χ1n) is 10.9. The minimum absolute atomic E-state index is 0.0920. The number of hydrogen-bond donors (Lipinski definition) is 1. The fourth-order valence-corrected chi connectivity index (χ4v) is 5.15. The second-order valence-corrected chi connectivity index (χ2v) is 9.48. The van der Waals surface area contributed by atoms with Gasteiger partial charge in [-0.25, -0.2) is 0 Å². The number of amides is 1. The number of rotatable bonds is 7. The van der Waals surface area contributed by atoms with Gasteiger partial charge >= 0.3 is 6.18 Å². The molecule has 3 aromatic rings. The molecule has 0 aliphatic carbocycles. The summed E-state index contributed by atoms with van der Waals surface area (Å²) in [6.07, 6.45) is -2.43. The molecular weight excluding hydrogens is 471 g/mol. The topological polar surface area (TPSA) is 35.6 Å². The molecular formula is C24H25ClF3N3OS. The number of hydrogen-bond acceptors (Lipinski definition) is 4. The fraction of sp³-hybridized carbons (Fsp3) is 0.375. The summed E-state index contributed by atoms with van der Waals surface area (Å²) in [4.78, 5) is 16.8. The van der Waals surface area contributed by atoms with Gasteiger partial charge in [-0.2, -0.15) is 13.2 Å². The molecule has 9 heteroatoms. The molecule has 4 nitrogen and oxygen atoms in total. The van der Waals surface area contributed by atoms with Crippen molar-refractivity contribution < 1.29 is 18.0 Å². The number of alkyl halides is 3. The molecule has 176 valence electrons. The maximum Gasteiger partial charge on any atom is 0.416 e. The average Bonchev–Trinajstić information content (AvgIpc) is 3.22. The number of thiophene rings is 1. The standard InChI is InChI=1S/C24H25ClF3N3OS/c25-19-6-3-17(4-7-19)23(32)29-9-1-2-10-30-11-13-31(14-12-30)21-16-33-22-15-18(24(26,27)28)5-8-20(21)22/h3-8,15-16H,1-2,9-14H2,(H,29,32). The van der Waals surface area contributed by atoms with E-state index < -0.39 is 11.7 Å². The van der Waals surface area contributed by atoms with Gasteiger partial charge in [-0.3, -0.25) is 9.69 Å². The lowest BCUT2D eigenvalue weighted by molar-refractivity contribution is -0.137. The van der Waals surface area contributed by atoms with Crippen LogP contribution < -0.4 is 10.2 Å². The first-order chi connectivity index (χ1) is 15.8. The minimum atomic E-state index is -4.32. The number of nitrogens with zero attached hydrogens (tertiary/aromatic N) is 2. The summed E-state index contributed by atoms with van der Waals surface area (Å²) in [6.45, 7) is 5.11. The molecule has 0 saturated carbocycles. The summed E-state index contributed by atoms with van der Waals surface area (Å²) in [6, 6.07) is 10.8. The van der Waals surface area contributed by atoms with Gasteiger partial charge in [-0.05, 0) is 55.8 Å². The highest BCUT2D eigenvalue weighted by Gasteiger charge is 2.31. The average molecular weight is 496 g/mol. The molecule has 0 spiro atoms. The molecule has 1 aliphatic rings. The normalized spacial score (nSPS) is 15.2. The summed E-state index contributed by atoms with van der Waals surface area (Å²) in [5.74, 6) is -0.0920. The second kappa shape index (κ2) is 10.3. The Hall–Kier alpha value is -2.29. The Kier molecular flexibility index (Phi) is 7.46. The number of benzene rings is 2. The predicted octanol–water partition coefficient (Wildman–Crippen LogP) is 5.91. The van der Waals surface area contributed by atoms with Crippen LogP contribution in [0.1, 0.15) is 28.8 Å². The van der Waals surface area contributed by atoms with Gasteiger partial charge in [0.15, 0.2) is 0 Å². The van der Waals surface area contributed by atoms with Crippen molar-refractivity contribution >= 4 is 44.6 Å². The third-order valence-corrected chi connectivity index (χ3v) is 7.07. The van der Waals surface area contributed by atoms with Crippen molar-refractivity contribution in [2.75, 3.05) is 44.2 Å². The Morgan fingerprint density at radius 2 is 1.76 bits per heavy atom. The second-order valence-electron chi connectivity index (χ2n) is 8.13. The summed E-state index contributed by atoms with van der Waals surface area (Å²) in [5, 5.41) is 6.39. The zero-order valence-corrected chi connectivity index (χ0v) is 19.6. The third kappa shape index (κ3) is 5.99. The molecule has 1 fully saturated rings. The first kappa shape index (κ1) is 23.9. The van der Waals surface area contributed by atoms with E-state index >= 15 is 0 Å². The van der Waals surface area contributed by atoms with E-state index in [1.807, 2.05) is 5.38 Å². The van der Waals surface area contributed by atoms with Crippen LogP contribution in [0.4, 0.5) is 18.9 Å². The Morgan fingerprint density at radius 3 is 2.45 bits per heavy atom. The maximum atomic E-state index is 13.0. The SMILES string of the molecule is O=C(NCCCCN1CCN(c2csc3cc(C(F)(F)F)ccc23)CC1)c1ccc(Cl)cc1. The number of fused-ring (bicyclic) bond motifs is 1. The van der Waals surface area contributed by atoms with Crippen LogP contribution >= 0.6 is 22.9 Å². The lowest BCUT2D eigenvalue weighted by Crippen LogP contribution is -2.46. The highest BCUT2D eigenvalue weighted by Crippen LogP contribution is 2.38. The number of piperazine rings is 1. The maximum absolute atomic E-state index is 13.0. The van der Waals surface area contributed by atoms with Crippen LogP contribution in [0.25, 0.3) is 10.1 Å². The fourth-order valence-electron chi connectivity index (χ4n) is 4.01. The van der Waals surface area contributed by atoms with Gasteiger partial charge in [0.1, 0.15) is 0 Å². The van der Waals surface area contributed by atoms with E-state index in [1.165, 1.54) is 23.5 Å². The molecule has 1 aliphatic heterocycles. The van der Waals surface area contributed by atoms with Gasteiger partial charge in [0, 0.05) is 58.8 Å². The van der Waals surface area contributed by atoms with E-state index in [0.29, 0.717) is 21.8 Å². The van der Waals surface area contributed by atoms with Gasteiger partial charge in [-0.1, -0.05) is 17.7 Å². The Bertz CT molecular complexity index is 1090. The van der Waals surface area contributed by atoms with Crippen LogP contribution in [0, 0.1) is 0 Å². The number of halogens is 4. The minimum Gasteiger partial charge on any atom is -0.368 e. The van der Waals surface area contributed by atoms with E-state index in [2.05, 4.69) is 15.1 Å². The molecule has 0 atom stereocenters. The number of anilines is 1. The summed E-state index contributed by atoms with van der Waals surface area (Å²) < 4.78 is 39.6. The molecule has 1 saturated heterocycles. The zero-order chi connectivity index (χ0) is 23.4. The van der Waals surface area contributed by atoms with Crippen molar-refractivity contribution in [3.63, 3.8) is 0 Å². The van der Waals surface area contributed by atoms with Gasteiger partial charge < -0.3 is 10.2 Å². The van der Waals surface area contributed by atoms with Crippen molar-refractivity contribution in [3.05, 3.63) is 64.0 Å². The lowest BCUT2D eigenvalue weighted by Gasteiger charge is -2.36. The molecule has 1 aromatic heterocycles. The van der Waals surface area contributed by atoms with E-state index in [0.717, 1.165) is 56.6 Å². The smallest absolute Gasteiger partial charge is 0.368 e. The number of carbonyl (C=O) groups is 1. The molecule has 0 unspecified atom stereocenters. The predicted molar refractivity (Wildman–Crippen MR) is 128 cm³/mol. The van der Waals surface area contributed by atoms with Crippen molar-refractivity contribution in [1.82, 2.24) is 10.2 Å². The summed E-state index contributed by atoms with van der Waals surface area (Å²) >= 11 is 7.21. The first-order valence-corrected chi connectivity index (χ1v) is 12.2. The van der Waals surface area contributed by atoms with Gasteiger partial charge in [0.25, 0.3) is 5.91 Å². The molecule has 1 amide bonds. The van der Waals surface area contributed by atoms with Crippen molar-refractivity contribution in [2.24, 2.45) is 0 Å². The Balaban J connectivity index is 1.19. The van der Waals surface area contributed by atoms with Crippen LogP contribution in [0.5, 0.6) is 0 Å². The third-order valence-electron chi connectivity index (χ3n) is 5.89. The van der Waals surface area contributed by atoms with E-state index in [1.54, 1.807) is 30.3 Å². The number of carbonyl (C=O) groups excluding carboxylic acids is 1. The quantitative estimate of drug-likeness (QED) is 0.414. The molecule has 33 heavy (non-hydrogen) atoms. The molecule has 0 bridgehead atoms. The molecule has 1 N–H and O–H groups in total.